The maximum absolute atomic E-state index is 6.18. The smallest absolute Gasteiger partial charge is 0.108 e. The molecular weight excluding hydrogens is 388 g/mol. The highest BCUT2D eigenvalue weighted by Crippen LogP contribution is 2.30. The maximum atomic E-state index is 6.18. The van der Waals surface area contributed by atoms with E-state index in [2.05, 4.69) is 70.6 Å². The second kappa shape index (κ2) is 11.3. The first-order chi connectivity index (χ1) is 12.5. The summed E-state index contributed by atoms with van der Waals surface area (Å²) < 4.78 is 0.868. The van der Waals surface area contributed by atoms with Crippen molar-refractivity contribution in [2.75, 3.05) is 0 Å². The Morgan fingerprint density at radius 3 is 2.62 bits per heavy atom. The van der Waals surface area contributed by atoms with Crippen LogP contribution < -0.4 is 16.8 Å². The average Bonchev–Trinajstić information content (AvgIpc) is 2.67. The molecule has 5 N–H and O–H groups in total. The molecule has 0 amide bonds. The highest BCUT2D eigenvalue weighted by atomic mass is 79.9. The highest BCUT2D eigenvalue weighted by molar-refractivity contribution is 9.11. The number of pyridine rings is 1. The Balaban J connectivity index is 0.00000163. The molecule has 0 saturated carbocycles. The number of nitrogens with zero attached hydrogens (tertiary/aromatic N) is 1. The van der Waals surface area contributed by atoms with Crippen LogP contribution in [0.3, 0.4) is 0 Å². The summed E-state index contributed by atoms with van der Waals surface area (Å²) in [5.74, 6) is 0.572. The SMILES string of the molecule is C/C=C(C)\C=C/C/C=C(/C1=C(N)NC(N)C(Br)=C1)c1ccncc1.C=C. The lowest BCUT2D eigenvalue weighted by Gasteiger charge is -2.24. The Bertz CT molecular complexity index is 743. The number of dihydropyridines is 1. The van der Waals surface area contributed by atoms with Crippen LogP contribution in [0.15, 0.2) is 89.5 Å². The number of rotatable bonds is 5. The Morgan fingerprint density at radius 2 is 2.00 bits per heavy atom. The van der Waals surface area contributed by atoms with Crippen LogP contribution in [0, 0.1) is 0 Å². The van der Waals surface area contributed by atoms with Gasteiger partial charge >= 0.3 is 0 Å². The van der Waals surface area contributed by atoms with Gasteiger partial charge < -0.3 is 16.8 Å². The summed E-state index contributed by atoms with van der Waals surface area (Å²) in [6, 6.07) is 3.95. The van der Waals surface area contributed by atoms with Gasteiger partial charge in [0.2, 0.25) is 0 Å². The van der Waals surface area contributed by atoms with Crippen molar-refractivity contribution in [3.63, 3.8) is 0 Å². The summed E-state index contributed by atoms with van der Waals surface area (Å²) in [6.45, 7) is 10.1. The van der Waals surface area contributed by atoms with Crippen LogP contribution >= 0.6 is 15.9 Å². The Kier molecular flexibility index (Phi) is 9.41. The van der Waals surface area contributed by atoms with Crippen LogP contribution in [0.25, 0.3) is 5.57 Å². The molecule has 0 aromatic carbocycles. The third-order valence-electron chi connectivity index (χ3n) is 3.76. The van der Waals surface area contributed by atoms with Crippen molar-refractivity contribution in [2.45, 2.75) is 26.4 Å². The molecule has 0 saturated heterocycles. The number of nitrogens with two attached hydrogens (primary N) is 2. The molecule has 4 nitrogen and oxygen atoms in total. The lowest BCUT2D eigenvalue weighted by atomic mass is 9.95. The van der Waals surface area contributed by atoms with Crippen LogP contribution in [-0.2, 0) is 0 Å². The minimum absolute atomic E-state index is 0.315. The van der Waals surface area contributed by atoms with Crippen LogP contribution in [0.1, 0.15) is 25.8 Å². The summed E-state index contributed by atoms with van der Waals surface area (Å²) in [7, 11) is 0. The fraction of sp³-hybridized carbons (Fsp3) is 0.190. The number of aromatic nitrogens is 1. The Labute approximate surface area is 164 Å². The fourth-order valence-corrected chi connectivity index (χ4v) is 2.64. The molecule has 1 aromatic heterocycles. The molecule has 1 aromatic rings. The molecule has 0 aliphatic carbocycles. The minimum Gasteiger partial charge on any atom is -0.385 e. The largest absolute Gasteiger partial charge is 0.385 e. The molecule has 2 heterocycles. The minimum atomic E-state index is -0.315. The van der Waals surface area contributed by atoms with E-state index in [1.54, 1.807) is 12.4 Å². The van der Waals surface area contributed by atoms with Gasteiger partial charge in [-0.15, -0.1) is 13.2 Å². The predicted molar refractivity (Wildman–Crippen MR) is 116 cm³/mol. The second-order valence-electron chi connectivity index (χ2n) is 5.50. The van der Waals surface area contributed by atoms with Crippen molar-refractivity contribution in [1.82, 2.24) is 10.3 Å². The topological polar surface area (TPSA) is 77.0 Å². The van der Waals surface area contributed by atoms with Crippen molar-refractivity contribution < 1.29 is 0 Å². The van der Waals surface area contributed by atoms with Gasteiger partial charge in [0.05, 0.1) is 0 Å². The van der Waals surface area contributed by atoms with E-state index in [0.717, 1.165) is 27.6 Å². The molecule has 1 unspecified atom stereocenters. The lowest BCUT2D eigenvalue weighted by molar-refractivity contribution is 0.671. The van der Waals surface area contributed by atoms with Crippen LogP contribution in [0.5, 0.6) is 0 Å². The summed E-state index contributed by atoms with van der Waals surface area (Å²) in [6.07, 6.45) is 14.5. The van der Waals surface area contributed by atoms with Crippen molar-refractivity contribution in [3.8, 4) is 0 Å². The highest BCUT2D eigenvalue weighted by Gasteiger charge is 2.19. The molecule has 2 rings (SSSR count). The number of hydrogen-bond donors (Lipinski definition) is 3. The first-order valence-corrected chi connectivity index (χ1v) is 9.11. The lowest BCUT2D eigenvalue weighted by Crippen LogP contribution is -2.42. The van der Waals surface area contributed by atoms with E-state index in [1.807, 2.05) is 25.1 Å². The van der Waals surface area contributed by atoms with Crippen LogP contribution in [0.4, 0.5) is 0 Å². The van der Waals surface area contributed by atoms with E-state index in [0.29, 0.717) is 5.82 Å². The molecule has 138 valence electrons. The maximum Gasteiger partial charge on any atom is 0.108 e. The summed E-state index contributed by atoms with van der Waals surface area (Å²) in [5.41, 5.74) is 16.4. The standard InChI is InChI=1S/C19H23BrN4.C2H4/c1-3-13(2)6-4-5-7-15(14-8-10-23-11-9-14)16-12-17(20)19(22)24-18(16)21;1-2/h3-4,6-12,19,24H,5,21-22H2,1-2H3;1-2H2/b6-4-,13-3-,15-7+;. The van der Waals surface area contributed by atoms with Crippen LogP contribution in [-0.4, -0.2) is 11.1 Å². The normalized spacial score (nSPS) is 18.2. The summed E-state index contributed by atoms with van der Waals surface area (Å²) in [4.78, 5) is 4.09. The Hall–Kier alpha value is -2.37. The molecular formula is C21H27BrN4. The molecule has 1 aliphatic rings. The van der Waals surface area contributed by atoms with Gasteiger partial charge in [-0.1, -0.05) is 45.8 Å². The van der Waals surface area contributed by atoms with Crippen molar-refractivity contribution in [1.29, 1.82) is 0 Å². The summed E-state index contributed by atoms with van der Waals surface area (Å²) >= 11 is 3.50. The first-order valence-electron chi connectivity index (χ1n) is 8.32. The fourth-order valence-electron chi connectivity index (χ4n) is 2.29. The van der Waals surface area contributed by atoms with Gasteiger partial charge in [0.1, 0.15) is 12.0 Å². The monoisotopic (exact) mass is 414 g/mol. The number of halogens is 1. The molecule has 5 heteroatoms. The van der Waals surface area contributed by atoms with Crippen molar-refractivity contribution >= 4 is 21.5 Å². The van der Waals surface area contributed by atoms with Crippen LogP contribution in [0.2, 0.25) is 0 Å². The third-order valence-corrected chi connectivity index (χ3v) is 4.48. The summed E-state index contributed by atoms with van der Waals surface area (Å²) in [5, 5.41) is 3.08. The zero-order valence-electron chi connectivity index (χ0n) is 15.4. The third kappa shape index (κ3) is 6.17. The first kappa shape index (κ1) is 21.7. The second-order valence-corrected chi connectivity index (χ2v) is 6.42. The number of hydrogen-bond acceptors (Lipinski definition) is 4. The molecule has 26 heavy (non-hydrogen) atoms. The number of nitrogens with one attached hydrogen (secondary N) is 1. The quantitative estimate of drug-likeness (QED) is 0.488. The molecule has 0 radical (unpaired) electrons. The van der Waals surface area contributed by atoms with Gasteiger partial charge in [0, 0.05) is 22.4 Å². The zero-order chi connectivity index (χ0) is 19.5. The van der Waals surface area contributed by atoms with Gasteiger partial charge in [-0.05, 0) is 49.6 Å². The molecule has 0 bridgehead atoms. The van der Waals surface area contributed by atoms with Gasteiger partial charge in [-0.25, -0.2) is 0 Å². The molecule has 1 aliphatic heterocycles. The van der Waals surface area contributed by atoms with Crippen molar-refractivity contribution in [3.05, 3.63) is 95.1 Å². The van der Waals surface area contributed by atoms with E-state index < -0.39 is 0 Å². The van der Waals surface area contributed by atoms with Gasteiger partial charge in [-0.2, -0.15) is 0 Å². The van der Waals surface area contributed by atoms with E-state index in [1.165, 1.54) is 5.57 Å². The molecule has 0 spiro atoms. The van der Waals surface area contributed by atoms with E-state index in [4.69, 9.17) is 11.5 Å². The van der Waals surface area contributed by atoms with Gasteiger partial charge in [0.15, 0.2) is 0 Å². The van der Waals surface area contributed by atoms with Gasteiger partial charge in [0.25, 0.3) is 0 Å². The molecule has 0 fully saturated rings. The van der Waals surface area contributed by atoms with Crippen molar-refractivity contribution in [2.24, 2.45) is 11.5 Å². The van der Waals surface area contributed by atoms with E-state index in [9.17, 15) is 0 Å². The van der Waals surface area contributed by atoms with E-state index >= 15 is 0 Å². The van der Waals surface area contributed by atoms with Gasteiger partial charge in [-0.3, -0.25) is 4.98 Å². The molecule has 1 atom stereocenters. The Morgan fingerprint density at radius 1 is 1.35 bits per heavy atom. The average molecular weight is 415 g/mol. The number of allylic oxidation sites excluding steroid dienone is 8. The zero-order valence-corrected chi connectivity index (χ0v) is 17.0. The predicted octanol–water partition coefficient (Wildman–Crippen LogP) is 4.52. The van der Waals surface area contributed by atoms with E-state index in [-0.39, 0.29) is 6.17 Å².